The van der Waals surface area contributed by atoms with Crippen LogP contribution >= 0.6 is 13.5 Å². The second kappa shape index (κ2) is 9.65. The monoisotopic (exact) mass is 419 g/mol. The molecule has 0 amide bonds. The number of pyridine rings is 2. The van der Waals surface area contributed by atoms with Gasteiger partial charge in [-0.25, -0.2) is 9.97 Å². The Balaban J connectivity index is 0.00000256. The van der Waals surface area contributed by atoms with Crippen LogP contribution in [0.1, 0.15) is 29.7 Å². The Morgan fingerprint density at radius 1 is 1.03 bits per heavy atom. The Morgan fingerprint density at radius 3 is 2.67 bits per heavy atom. The topological polar surface area (TPSA) is 83.8 Å². The summed E-state index contributed by atoms with van der Waals surface area (Å²) in [5.74, 6) is 0.978. The summed E-state index contributed by atoms with van der Waals surface area (Å²) < 4.78 is 0. The molecule has 6 nitrogen and oxygen atoms in total. The average molecular weight is 420 g/mol. The fraction of sp³-hybridized carbons (Fsp3) is 0.217. The molecular weight excluding hydrogens is 394 g/mol. The highest BCUT2D eigenvalue weighted by Crippen LogP contribution is 2.27. The maximum atomic E-state index is 9.59. The third-order valence-corrected chi connectivity index (χ3v) is 5.06. The van der Waals surface area contributed by atoms with Crippen molar-refractivity contribution in [3.63, 3.8) is 0 Å². The SMILES string of the molecule is Cc1ccc(-c2cc(NC[C@@H](C)c3cccc4c(CO)ccnc34)ncn2)cn1.S. The van der Waals surface area contributed by atoms with E-state index in [-0.39, 0.29) is 26.0 Å². The van der Waals surface area contributed by atoms with Gasteiger partial charge in [-0.2, -0.15) is 13.5 Å². The molecule has 3 aromatic heterocycles. The van der Waals surface area contributed by atoms with Gasteiger partial charge in [0.2, 0.25) is 0 Å². The van der Waals surface area contributed by atoms with Gasteiger partial charge in [0.15, 0.2) is 0 Å². The van der Waals surface area contributed by atoms with E-state index in [0.717, 1.165) is 44.8 Å². The van der Waals surface area contributed by atoms with Crippen LogP contribution in [0.2, 0.25) is 0 Å². The summed E-state index contributed by atoms with van der Waals surface area (Å²) in [4.78, 5) is 17.6. The highest BCUT2D eigenvalue weighted by molar-refractivity contribution is 7.59. The lowest BCUT2D eigenvalue weighted by atomic mass is 9.96. The summed E-state index contributed by atoms with van der Waals surface area (Å²) in [7, 11) is 0. The van der Waals surface area contributed by atoms with Gasteiger partial charge in [0, 0.05) is 47.6 Å². The number of aromatic nitrogens is 4. The van der Waals surface area contributed by atoms with Gasteiger partial charge in [-0.05, 0) is 36.2 Å². The quantitative estimate of drug-likeness (QED) is 0.487. The average Bonchev–Trinajstić information content (AvgIpc) is 2.77. The van der Waals surface area contributed by atoms with E-state index in [4.69, 9.17) is 0 Å². The van der Waals surface area contributed by atoms with Gasteiger partial charge >= 0.3 is 0 Å². The third kappa shape index (κ3) is 4.58. The number of para-hydroxylation sites is 1. The van der Waals surface area contributed by atoms with Crippen molar-refractivity contribution >= 4 is 30.2 Å². The summed E-state index contributed by atoms with van der Waals surface area (Å²) in [6, 6.07) is 13.9. The highest BCUT2D eigenvalue weighted by Gasteiger charge is 2.13. The predicted octanol–water partition coefficient (Wildman–Crippen LogP) is 4.22. The molecule has 0 saturated carbocycles. The molecule has 0 aliphatic heterocycles. The molecule has 30 heavy (non-hydrogen) atoms. The van der Waals surface area contributed by atoms with Crippen LogP contribution in [-0.2, 0) is 6.61 Å². The Hall–Kier alpha value is -3.03. The number of fused-ring (bicyclic) bond motifs is 1. The number of anilines is 1. The van der Waals surface area contributed by atoms with E-state index in [1.807, 2.05) is 49.5 Å². The lowest BCUT2D eigenvalue weighted by Crippen LogP contribution is -2.12. The molecule has 0 fully saturated rings. The molecule has 4 rings (SSSR count). The molecule has 4 aromatic rings. The first-order valence-corrected chi connectivity index (χ1v) is 9.62. The minimum absolute atomic E-state index is 0. The number of aryl methyl sites for hydroxylation is 1. The first-order valence-electron chi connectivity index (χ1n) is 9.62. The molecule has 0 radical (unpaired) electrons. The summed E-state index contributed by atoms with van der Waals surface area (Å²) in [6.07, 6.45) is 5.14. The molecule has 0 aliphatic carbocycles. The number of hydrogen-bond donors (Lipinski definition) is 2. The molecule has 154 valence electrons. The number of aliphatic hydroxyl groups excluding tert-OH is 1. The van der Waals surface area contributed by atoms with Gasteiger partial charge in [-0.1, -0.05) is 25.1 Å². The van der Waals surface area contributed by atoms with Crippen molar-refractivity contribution in [1.29, 1.82) is 0 Å². The standard InChI is InChI=1S/C23H23N5O.H2S/c1-15(19-4-3-5-20-18(13-29)8-9-24-23(19)20)11-26-22-10-21(27-14-28-22)17-7-6-16(2)25-12-17;/h3-10,12,14-15,29H,11,13H2,1-2H3,(H,26,27,28);1H2/t15-;/m1./s1. The van der Waals surface area contributed by atoms with Crippen LogP contribution in [0, 0.1) is 6.92 Å². The van der Waals surface area contributed by atoms with Crippen LogP contribution in [0.15, 0.2) is 61.2 Å². The molecule has 0 saturated heterocycles. The second-order valence-corrected chi connectivity index (χ2v) is 7.13. The number of benzene rings is 1. The van der Waals surface area contributed by atoms with Crippen molar-refractivity contribution in [3.05, 3.63) is 78.0 Å². The van der Waals surface area contributed by atoms with Gasteiger partial charge in [0.25, 0.3) is 0 Å². The van der Waals surface area contributed by atoms with Gasteiger partial charge in [0.05, 0.1) is 17.8 Å². The fourth-order valence-electron chi connectivity index (χ4n) is 3.39. The van der Waals surface area contributed by atoms with Crippen molar-refractivity contribution in [3.8, 4) is 11.3 Å². The molecule has 0 aliphatic rings. The maximum absolute atomic E-state index is 9.59. The van der Waals surface area contributed by atoms with E-state index in [2.05, 4.69) is 38.2 Å². The second-order valence-electron chi connectivity index (χ2n) is 7.13. The summed E-state index contributed by atoms with van der Waals surface area (Å²) in [5.41, 5.74) is 5.74. The summed E-state index contributed by atoms with van der Waals surface area (Å²) in [5, 5.41) is 14.0. The van der Waals surface area contributed by atoms with E-state index in [0.29, 0.717) is 6.54 Å². The van der Waals surface area contributed by atoms with Crippen LogP contribution in [0.3, 0.4) is 0 Å². The van der Waals surface area contributed by atoms with Gasteiger partial charge in [-0.15, -0.1) is 0 Å². The molecule has 0 unspecified atom stereocenters. The van der Waals surface area contributed by atoms with Crippen LogP contribution < -0.4 is 5.32 Å². The number of nitrogens with one attached hydrogen (secondary N) is 1. The van der Waals surface area contributed by atoms with Crippen LogP contribution in [0.25, 0.3) is 22.2 Å². The first kappa shape index (κ1) is 21.7. The highest BCUT2D eigenvalue weighted by atomic mass is 32.1. The van der Waals surface area contributed by atoms with Crippen molar-refractivity contribution < 1.29 is 5.11 Å². The zero-order valence-corrected chi connectivity index (χ0v) is 18.0. The maximum Gasteiger partial charge on any atom is 0.129 e. The van der Waals surface area contributed by atoms with E-state index in [1.165, 1.54) is 0 Å². The number of hydrogen-bond acceptors (Lipinski definition) is 6. The van der Waals surface area contributed by atoms with Crippen LogP contribution in [-0.4, -0.2) is 31.6 Å². The minimum Gasteiger partial charge on any atom is -0.392 e. The molecule has 1 aromatic carbocycles. The van der Waals surface area contributed by atoms with E-state index < -0.39 is 0 Å². The molecular formula is C23H25N5OS. The Labute approximate surface area is 182 Å². The van der Waals surface area contributed by atoms with Gasteiger partial charge in [-0.3, -0.25) is 9.97 Å². The first-order chi connectivity index (χ1) is 14.2. The molecule has 7 heteroatoms. The Bertz CT molecular complexity index is 1130. The molecule has 0 spiro atoms. The van der Waals surface area contributed by atoms with Crippen LogP contribution in [0.5, 0.6) is 0 Å². The summed E-state index contributed by atoms with van der Waals surface area (Å²) in [6.45, 7) is 4.82. The smallest absolute Gasteiger partial charge is 0.129 e. The number of nitrogens with zero attached hydrogens (tertiary/aromatic N) is 4. The molecule has 0 bridgehead atoms. The lowest BCUT2D eigenvalue weighted by molar-refractivity contribution is 0.283. The van der Waals surface area contributed by atoms with Crippen LogP contribution in [0.4, 0.5) is 5.82 Å². The zero-order chi connectivity index (χ0) is 20.2. The van der Waals surface area contributed by atoms with E-state index in [1.54, 1.807) is 12.5 Å². The zero-order valence-electron chi connectivity index (χ0n) is 17.0. The number of aliphatic hydroxyl groups is 1. The normalized spacial score (nSPS) is 11.7. The predicted molar refractivity (Wildman–Crippen MR) is 125 cm³/mol. The summed E-state index contributed by atoms with van der Waals surface area (Å²) >= 11 is 0. The van der Waals surface area contributed by atoms with Gasteiger partial charge in [0.1, 0.15) is 12.1 Å². The van der Waals surface area contributed by atoms with Crippen molar-refractivity contribution in [2.45, 2.75) is 26.4 Å². The van der Waals surface area contributed by atoms with Gasteiger partial charge < -0.3 is 10.4 Å². The van der Waals surface area contributed by atoms with E-state index in [9.17, 15) is 5.11 Å². The molecule has 3 heterocycles. The Kier molecular flexibility index (Phi) is 6.97. The van der Waals surface area contributed by atoms with Crippen molar-refractivity contribution in [1.82, 2.24) is 19.9 Å². The molecule has 1 atom stereocenters. The van der Waals surface area contributed by atoms with E-state index >= 15 is 0 Å². The van der Waals surface area contributed by atoms with Crippen molar-refractivity contribution in [2.75, 3.05) is 11.9 Å². The van der Waals surface area contributed by atoms with Crippen molar-refractivity contribution in [2.24, 2.45) is 0 Å². The lowest BCUT2D eigenvalue weighted by Gasteiger charge is -2.16. The Morgan fingerprint density at radius 2 is 1.90 bits per heavy atom. The molecule has 2 N–H and O–H groups in total. The number of rotatable bonds is 6. The minimum atomic E-state index is 0. The third-order valence-electron chi connectivity index (χ3n) is 5.06. The fourth-order valence-corrected chi connectivity index (χ4v) is 3.39. The largest absolute Gasteiger partial charge is 0.392 e.